The van der Waals surface area contributed by atoms with Crippen molar-refractivity contribution in [1.82, 2.24) is 0 Å². The summed E-state index contributed by atoms with van der Waals surface area (Å²) >= 11 is 0. The number of rotatable bonds is 4. The predicted molar refractivity (Wildman–Crippen MR) is 80.6 cm³/mol. The molecule has 0 amide bonds. The van der Waals surface area contributed by atoms with Crippen LogP contribution in [0.15, 0.2) is 60.7 Å². The van der Waals surface area contributed by atoms with Crippen molar-refractivity contribution >= 4 is 0 Å². The summed E-state index contributed by atoms with van der Waals surface area (Å²) in [6.07, 6.45) is -0.352. The fourth-order valence-corrected chi connectivity index (χ4v) is 2.71. The molecule has 3 heteroatoms. The molecule has 3 atom stereocenters. The number of ether oxygens (including phenoxy) is 3. The highest BCUT2D eigenvalue weighted by molar-refractivity contribution is 5.26. The molecule has 2 aromatic carbocycles. The Labute approximate surface area is 125 Å². The Morgan fingerprint density at radius 1 is 0.857 bits per heavy atom. The van der Waals surface area contributed by atoms with Gasteiger partial charge in [-0.1, -0.05) is 60.7 Å². The zero-order valence-electron chi connectivity index (χ0n) is 12.4. The summed E-state index contributed by atoms with van der Waals surface area (Å²) in [6, 6.07) is 20.3. The first kappa shape index (κ1) is 14.3. The van der Waals surface area contributed by atoms with Crippen molar-refractivity contribution in [1.29, 1.82) is 0 Å². The number of benzene rings is 2. The Balaban J connectivity index is 1.95. The van der Waals surface area contributed by atoms with Gasteiger partial charge in [0.1, 0.15) is 12.2 Å². The smallest absolute Gasteiger partial charge is 0.281 e. The lowest BCUT2D eigenvalue weighted by atomic mass is 9.99. The van der Waals surface area contributed by atoms with E-state index >= 15 is 0 Å². The molecule has 3 nitrogen and oxygen atoms in total. The Bertz CT molecular complexity index is 520. The minimum absolute atomic E-state index is 0.176. The first-order valence-electron chi connectivity index (χ1n) is 7.31. The molecular weight excluding hydrogens is 264 g/mol. The molecule has 0 aromatic heterocycles. The van der Waals surface area contributed by atoms with Gasteiger partial charge in [0.2, 0.25) is 0 Å². The molecule has 1 saturated heterocycles. The first-order chi connectivity index (χ1) is 10.2. The molecule has 0 saturated carbocycles. The molecule has 0 radical (unpaired) electrons. The van der Waals surface area contributed by atoms with Crippen molar-refractivity contribution in [3.63, 3.8) is 0 Å². The second-order valence-electron chi connectivity index (χ2n) is 5.19. The van der Waals surface area contributed by atoms with Crippen LogP contribution in [-0.4, -0.2) is 12.6 Å². The normalized spacial score (nSPS) is 28.7. The van der Waals surface area contributed by atoms with E-state index in [1.165, 1.54) is 0 Å². The van der Waals surface area contributed by atoms with Crippen molar-refractivity contribution in [3.8, 4) is 0 Å². The molecule has 0 spiro atoms. The van der Waals surface area contributed by atoms with E-state index in [1.54, 1.807) is 0 Å². The Kier molecular flexibility index (Phi) is 4.06. The molecule has 1 aliphatic heterocycles. The van der Waals surface area contributed by atoms with E-state index in [2.05, 4.69) is 24.3 Å². The Hall–Kier alpha value is -1.68. The van der Waals surface area contributed by atoms with E-state index in [0.717, 1.165) is 11.1 Å². The minimum Gasteiger partial charge on any atom is -0.328 e. The fraction of sp³-hybridized carbons (Fsp3) is 0.333. The molecule has 1 heterocycles. The molecule has 0 N–H and O–H groups in total. The molecule has 21 heavy (non-hydrogen) atoms. The molecule has 1 aliphatic rings. The third kappa shape index (κ3) is 3.00. The van der Waals surface area contributed by atoms with E-state index < -0.39 is 5.97 Å². The van der Waals surface area contributed by atoms with Gasteiger partial charge in [0.05, 0.1) is 0 Å². The highest BCUT2D eigenvalue weighted by Crippen LogP contribution is 2.47. The summed E-state index contributed by atoms with van der Waals surface area (Å²) in [5.74, 6) is -1.00. The molecule has 2 aromatic rings. The fourth-order valence-electron chi connectivity index (χ4n) is 2.71. The SMILES string of the molecule is CCOC1(C)O[C@H](c2ccccc2)[C@H](c2ccccc2)O1. The molecule has 110 valence electrons. The zero-order valence-corrected chi connectivity index (χ0v) is 12.4. The molecule has 0 bridgehead atoms. The monoisotopic (exact) mass is 284 g/mol. The van der Waals surface area contributed by atoms with Crippen LogP contribution < -0.4 is 0 Å². The van der Waals surface area contributed by atoms with E-state index in [9.17, 15) is 0 Å². The standard InChI is InChI=1S/C18H20O3/c1-3-19-18(2)20-16(14-10-6-4-7-11-14)17(21-18)15-12-8-5-9-13-15/h4-13,16-17H,3H2,1-2H3/t16-,17+,18?. The average Bonchev–Trinajstić information content (AvgIpc) is 2.87. The van der Waals surface area contributed by atoms with Crippen molar-refractivity contribution in [2.45, 2.75) is 32.0 Å². The summed E-state index contributed by atoms with van der Waals surface area (Å²) < 4.78 is 17.8. The summed E-state index contributed by atoms with van der Waals surface area (Å²) in [7, 11) is 0. The third-order valence-corrected chi connectivity index (χ3v) is 3.62. The van der Waals surface area contributed by atoms with Gasteiger partial charge in [-0.2, -0.15) is 0 Å². The summed E-state index contributed by atoms with van der Waals surface area (Å²) in [6.45, 7) is 4.31. The number of hydrogen-bond acceptors (Lipinski definition) is 3. The van der Waals surface area contributed by atoms with Crippen molar-refractivity contribution in [2.75, 3.05) is 6.61 Å². The highest BCUT2D eigenvalue weighted by atomic mass is 16.9. The maximum Gasteiger partial charge on any atom is 0.281 e. The first-order valence-corrected chi connectivity index (χ1v) is 7.31. The van der Waals surface area contributed by atoms with Crippen molar-refractivity contribution in [2.24, 2.45) is 0 Å². The van der Waals surface area contributed by atoms with E-state index in [1.807, 2.05) is 50.2 Å². The quantitative estimate of drug-likeness (QED) is 0.841. The van der Waals surface area contributed by atoms with E-state index in [4.69, 9.17) is 14.2 Å². The second-order valence-corrected chi connectivity index (χ2v) is 5.19. The number of hydrogen-bond donors (Lipinski definition) is 0. The van der Waals surface area contributed by atoms with Gasteiger partial charge >= 0.3 is 0 Å². The molecule has 0 aliphatic carbocycles. The van der Waals surface area contributed by atoms with Gasteiger partial charge < -0.3 is 14.2 Å². The van der Waals surface area contributed by atoms with Crippen molar-refractivity contribution < 1.29 is 14.2 Å². The van der Waals surface area contributed by atoms with Crippen LogP contribution in [0.5, 0.6) is 0 Å². The summed E-state index contributed by atoms with van der Waals surface area (Å²) in [4.78, 5) is 0. The van der Waals surface area contributed by atoms with Crippen LogP contribution in [0, 0.1) is 0 Å². The average molecular weight is 284 g/mol. The maximum absolute atomic E-state index is 6.10. The van der Waals surface area contributed by atoms with Gasteiger partial charge in [0.25, 0.3) is 5.97 Å². The lowest BCUT2D eigenvalue weighted by Crippen LogP contribution is -2.29. The largest absolute Gasteiger partial charge is 0.328 e. The van der Waals surface area contributed by atoms with Crippen LogP contribution in [-0.2, 0) is 14.2 Å². The Morgan fingerprint density at radius 3 is 1.67 bits per heavy atom. The molecule has 1 fully saturated rings. The highest BCUT2D eigenvalue weighted by Gasteiger charge is 2.46. The van der Waals surface area contributed by atoms with Gasteiger partial charge in [-0.05, 0) is 18.1 Å². The summed E-state index contributed by atoms with van der Waals surface area (Å²) in [5.41, 5.74) is 2.18. The van der Waals surface area contributed by atoms with Crippen LogP contribution in [0.4, 0.5) is 0 Å². The van der Waals surface area contributed by atoms with E-state index in [0.29, 0.717) is 6.61 Å². The second kappa shape index (κ2) is 5.98. The van der Waals surface area contributed by atoms with Crippen LogP contribution in [0.2, 0.25) is 0 Å². The summed E-state index contributed by atoms with van der Waals surface area (Å²) in [5, 5.41) is 0. The Morgan fingerprint density at radius 2 is 1.29 bits per heavy atom. The topological polar surface area (TPSA) is 27.7 Å². The third-order valence-electron chi connectivity index (χ3n) is 3.62. The predicted octanol–water partition coefficient (Wildman–Crippen LogP) is 4.23. The van der Waals surface area contributed by atoms with Crippen LogP contribution in [0.1, 0.15) is 37.2 Å². The van der Waals surface area contributed by atoms with Gasteiger partial charge in [-0.25, -0.2) is 0 Å². The van der Waals surface area contributed by atoms with Gasteiger partial charge in [-0.15, -0.1) is 0 Å². The van der Waals surface area contributed by atoms with E-state index in [-0.39, 0.29) is 12.2 Å². The molecule has 1 unspecified atom stereocenters. The van der Waals surface area contributed by atoms with Gasteiger partial charge in [0.15, 0.2) is 0 Å². The zero-order chi connectivity index (χ0) is 14.7. The lowest BCUT2D eigenvalue weighted by Gasteiger charge is -2.22. The molecular formula is C18H20O3. The van der Waals surface area contributed by atoms with Gasteiger partial charge in [0, 0.05) is 13.5 Å². The lowest BCUT2D eigenvalue weighted by molar-refractivity contribution is -0.329. The molecule has 3 rings (SSSR count). The van der Waals surface area contributed by atoms with Crippen LogP contribution >= 0.6 is 0 Å². The van der Waals surface area contributed by atoms with Crippen molar-refractivity contribution in [3.05, 3.63) is 71.8 Å². The maximum atomic E-state index is 6.10. The van der Waals surface area contributed by atoms with Crippen LogP contribution in [0.3, 0.4) is 0 Å². The van der Waals surface area contributed by atoms with Crippen LogP contribution in [0.25, 0.3) is 0 Å². The van der Waals surface area contributed by atoms with Gasteiger partial charge in [-0.3, -0.25) is 0 Å². The minimum atomic E-state index is -1.00.